The number of ether oxygens (including phenoxy) is 1. The zero-order valence-electron chi connectivity index (χ0n) is 15.8. The lowest BCUT2D eigenvalue weighted by molar-refractivity contribution is 0.223. The number of halogens is 2. The first-order valence-corrected chi connectivity index (χ1v) is 8.86. The fraction of sp³-hybridized carbons (Fsp3) is 0.500. The summed E-state index contributed by atoms with van der Waals surface area (Å²) in [5, 5.41) is 11.1. The first kappa shape index (κ1) is 21.4. The number of rotatable bonds is 5. The lowest BCUT2D eigenvalue weighted by Gasteiger charge is -2.25. The van der Waals surface area contributed by atoms with Gasteiger partial charge in [0.05, 0.1) is 12.6 Å². The van der Waals surface area contributed by atoms with Crippen LogP contribution in [-0.4, -0.2) is 40.4 Å². The van der Waals surface area contributed by atoms with E-state index in [-0.39, 0.29) is 41.9 Å². The Balaban J connectivity index is 0.00000261. The summed E-state index contributed by atoms with van der Waals surface area (Å²) in [6.07, 6.45) is 1.94. The molecule has 0 aliphatic carbocycles. The molecule has 3 rings (SSSR count). The van der Waals surface area contributed by atoms with Gasteiger partial charge in [0, 0.05) is 13.6 Å². The van der Waals surface area contributed by atoms with Gasteiger partial charge in [0.25, 0.3) is 0 Å². The van der Waals surface area contributed by atoms with Crippen molar-refractivity contribution in [2.24, 2.45) is 4.99 Å². The van der Waals surface area contributed by atoms with Crippen LogP contribution in [0.15, 0.2) is 29.3 Å². The zero-order valence-corrected chi connectivity index (χ0v) is 18.1. The molecule has 2 N–H and O–H groups in total. The third-order valence-electron chi connectivity index (χ3n) is 4.22. The fourth-order valence-corrected chi connectivity index (χ4v) is 2.99. The average Bonchev–Trinajstić information content (AvgIpc) is 3.01. The Labute approximate surface area is 175 Å². The number of hydrogen-bond donors (Lipinski definition) is 2. The molecule has 1 aliphatic rings. The highest BCUT2D eigenvalue weighted by Crippen LogP contribution is 2.22. The maximum Gasteiger partial charge on any atom is 0.191 e. The third-order valence-corrected chi connectivity index (χ3v) is 4.22. The molecular weight excluding hydrogens is 462 g/mol. The molecule has 0 fully saturated rings. The van der Waals surface area contributed by atoms with Crippen LogP contribution in [0, 0.1) is 12.7 Å². The Morgan fingerprint density at radius 1 is 1.41 bits per heavy atom. The van der Waals surface area contributed by atoms with E-state index in [1.165, 1.54) is 12.1 Å². The summed E-state index contributed by atoms with van der Waals surface area (Å²) in [6, 6.07) is 6.10. The van der Waals surface area contributed by atoms with Crippen molar-refractivity contribution in [1.82, 2.24) is 25.4 Å². The topological polar surface area (TPSA) is 76.4 Å². The Kier molecular flexibility index (Phi) is 7.81. The number of nitrogens with one attached hydrogen (secondary N) is 2. The molecule has 0 amide bonds. The molecular formula is C18H26FIN6O. The molecule has 2 unspecified atom stereocenters. The molecule has 9 heteroatoms. The van der Waals surface area contributed by atoms with Crippen LogP contribution in [0.4, 0.5) is 4.39 Å². The van der Waals surface area contributed by atoms with Gasteiger partial charge in [0.1, 0.15) is 29.3 Å². The second kappa shape index (κ2) is 9.86. The molecule has 0 saturated heterocycles. The summed E-state index contributed by atoms with van der Waals surface area (Å²) < 4.78 is 20.7. The Morgan fingerprint density at radius 2 is 2.15 bits per heavy atom. The fourth-order valence-electron chi connectivity index (χ4n) is 2.99. The van der Waals surface area contributed by atoms with Crippen LogP contribution in [-0.2, 0) is 6.54 Å². The van der Waals surface area contributed by atoms with Crippen molar-refractivity contribution in [3.8, 4) is 5.75 Å². The van der Waals surface area contributed by atoms with Gasteiger partial charge < -0.3 is 15.4 Å². The molecule has 0 saturated carbocycles. The van der Waals surface area contributed by atoms with Crippen molar-refractivity contribution in [3.63, 3.8) is 0 Å². The van der Waals surface area contributed by atoms with Crippen molar-refractivity contribution < 1.29 is 9.13 Å². The molecule has 148 valence electrons. The summed E-state index contributed by atoms with van der Waals surface area (Å²) in [5.74, 6) is 2.80. The number of aryl methyl sites for hydroxylation is 2. The van der Waals surface area contributed by atoms with Gasteiger partial charge in [-0.2, -0.15) is 5.10 Å². The highest BCUT2D eigenvalue weighted by Gasteiger charge is 2.24. The van der Waals surface area contributed by atoms with Crippen LogP contribution >= 0.6 is 24.0 Å². The normalized spacial score (nSPS) is 17.5. The van der Waals surface area contributed by atoms with E-state index in [4.69, 9.17) is 4.74 Å². The molecule has 1 aromatic heterocycles. The first-order valence-electron chi connectivity index (χ1n) is 8.86. The van der Waals surface area contributed by atoms with Gasteiger partial charge in [0.15, 0.2) is 5.96 Å². The summed E-state index contributed by atoms with van der Waals surface area (Å²) in [4.78, 5) is 8.81. The summed E-state index contributed by atoms with van der Waals surface area (Å²) in [7, 11) is 1.74. The molecule has 0 spiro atoms. The Hall–Kier alpha value is -1.91. The third kappa shape index (κ3) is 5.78. The van der Waals surface area contributed by atoms with Crippen molar-refractivity contribution in [2.75, 3.05) is 13.6 Å². The zero-order chi connectivity index (χ0) is 18.5. The predicted molar refractivity (Wildman–Crippen MR) is 113 cm³/mol. The summed E-state index contributed by atoms with van der Waals surface area (Å²) >= 11 is 0. The van der Waals surface area contributed by atoms with E-state index in [9.17, 15) is 4.39 Å². The first-order chi connectivity index (χ1) is 12.5. The highest BCUT2D eigenvalue weighted by atomic mass is 127. The largest absolute Gasteiger partial charge is 0.489 e. The maximum absolute atomic E-state index is 13.0. The second-order valence-electron chi connectivity index (χ2n) is 6.42. The minimum atomic E-state index is -0.275. The van der Waals surface area contributed by atoms with E-state index in [1.54, 1.807) is 19.2 Å². The molecule has 2 heterocycles. The van der Waals surface area contributed by atoms with Gasteiger partial charge >= 0.3 is 0 Å². The minimum Gasteiger partial charge on any atom is -0.489 e. The molecule has 1 aromatic carbocycles. The summed E-state index contributed by atoms with van der Waals surface area (Å²) in [5.41, 5.74) is 0. The number of hydrogen-bond acceptors (Lipinski definition) is 4. The number of benzene rings is 1. The maximum atomic E-state index is 13.0. The highest BCUT2D eigenvalue weighted by molar-refractivity contribution is 14.0. The van der Waals surface area contributed by atoms with Crippen LogP contribution in [0.3, 0.4) is 0 Å². The van der Waals surface area contributed by atoms with Gasteiger partial charge in [-0.3, -0.25) is 4.99 Å². The van der Waals surface area contributed by atoms with Crippen LogP contribution < -0.4 is 15.4 Å². The van der Waals surface area contributed by atoms with Crippen molar-refractivity contribution in [1.29, 1.82) is 0 Å². The Bertz CT molecular complexity index is 764. The molecule has 1 aliphatic heterocycles. The van der Waals surface area contributed by atoms with Crippen LogP contribution in [0.5, 0.6) is 5.75 Å². The van der Waals surface area contributed by atoms with Gasteiger partial charge in [-0.1, -0.05) is 0 Å². The second-order valence-corrected chi connectivity index (χ2v) is 6.42. The van der Waals surface area contributed by atoms with Gasteiger partial charge in [0.2, 0.25) is 0 Å². The average molecular weight is 488 g/mol. The van der Waals surface area contributed by atoms with Gasteiger partial charge in [-0.15, -0.1) is 24.0 Å². The summed E-state index contributed by atoms with van der Waals surface area (Å²) in [6.45, 7) is 5.33. The molecule has 7 nitrogen and oxygen atoms in total. The van der Waals surface area contributed by atoms with E-state index in [2.05, 4.69) is 25.7 Å². The van der Waals surface area contributed by atoms with E-state index in [0.717, 1.165) is 31.0 Å². The Morgan fingerprint density at radius 3 is 2.85 bits per heavy atom. The number of nitrogens with zero attached hydrogens (tertiary/aromatic N) is 4. The number of guanidine groups is 1. The van der Waals surface area contributed by atoms with Crippen LogP contribution in [0.25, 0.3) is 0 Å². The molecule has 0 bridgehead atoms. The predicted octanol–water partition coefficient (Wildman–Crippen LogP) is 2.81. The van der Waals surface area contributed by atoms with Crippen LogP contribution in [0.1, 0.15) is 37.5 Å². The lowest BCUT2D eigenvalue weighted by Crippen LogP contribution is -2.44. The van der Waals surface area contributed by atoms with Crippen molar-refractivity contribution in [2.45, 2.75) is 45.4 Å². The van der Waals surface area contributed by atoms with Gasteiger partial charge in [-0.05, 0) is 51.0 Å². The van der Waals surface area contributed by atoms with E-state index in [0.29, 0.717) is 18.3 Å². The number of aliphatic imine (C=N–C) groups is 1. The number of fused-ring (bicyclic) bond motifs is 1. The molecule has 27 heavy (non-hydrogen) atoms. The van der Waals surface area contributed by atoms with Gasteiger partial charge in [-0.25, -0.2) is 14.1 Å². The van der Waals surface area contributed by atoms with E-state index in [1.807, 2.05) is 18.5 Å². The SMILES string of the molecule is CN=C(NCC(C)Oc1ccc(F)cc1)NC1CCCn2nc(C)nc21.I. The quantitative estimate of drug-likeness (QED) is 0.385. The smallest absolute Gasteiger partial charge is 0.191 e. The molecule has 0 radical (unpaired) electrons. The lowest BCUT2D eigenvalue weighted by atomic mass is 10.1. The van der Waals surface area contributed by atoms with Crippen LogP contribution in [0.2, 0.25) is 0 Å². The molecule has 2 atom stereocenters. The molecule has 2 aromatic rings. The monoisotopic (exact) mass is 488 g/mol. The number of aromatic nitrogens is 3. The van der Waals surface area contributed by atoms with E-state index >= 15 is 0 Å². The van der Waals surface area contributed by atoms with E-state index < -0.39 is 0 Å². The van der Waals surface area contributed by atoms with Crippen molar-refractivity contribution >= 4 is 29.9 Å². The van der Waals surface area contributed by atoms with Crippen molar-refractivity contribution in [3.05, 3.63) is 41.7 Å². The minimum absolute atomic E-state index is 0. The standard InChI is InChI=1S/C18H25FN6O.HI/c1-12(26-15-8-6-14(19)7-9-15)11-21-18(20-3)23-16-5-4-10-25-17(16)22-13(2)24-25;/h6-9,12,16H,4-5,10-11H2,1-3H3,(H2,20,21,23);1H.